The molecule has 112 valence electrons. The minimum Gasteiger partial charge on any atom is -0.329 e. The van der Waals surface area contributed by atoms with Gasteiger partial charge in [-0.25, -0.2) is 0 Å². The summed E-state index contributed by atoms with van der Waals surface area (Å²) in [5, 5.41) is 0.801. The van der Waals surface area contributed by atoms with Crippen LogP contribution in [0.4, 0.5) is 0 Å². The molecule has 1 unspecified atom stereocenters. The van der Waals surface area contributed by atoms with E-state index in [0.717, 1.165) is 24.0 Å². The van der Waals surface area contributed by atoms with Gasteiger partial charge in [0.25, 0.3) is 0 Å². The number of hydrogen-bond donors (Lipinski definition) is 1. The lowest BCUT2D eigenvalue weighted by atomic mass is 9.90. The fraction of sp³-hybridized carbons (Fsp3) is 0.647. The molecule has 1 atom stereocenters. The van der Waals surface area contributed by atoms with Crippen LogP contribution in [0.5, 0.6) is 0 Å². The van der Waals surface area contributed by atoms with Gasteiger partial charge in [0.2, 0.25) is 0 Å². The minimum absolute atomic E-state index is 0.503. The van der Waals surface area contributed by atoms with Crippen molar-refractivity contribution in [2.75, 3.05) is 13.6 Å². The van der Waals surface area contributed by atoms with E-state index in [1.54, 1.807) is 0 Å². The summed E-state index contributed by atoms with van der Waals surface area (Å²) in [5.74, 6) is 0.764. The number of likely N-dealkylation sites (N-methyl/N-ethyl adjacent to an activating group) is 1. The van der Waals surface area contributed by atoms with Crippen molar-refractivity contribution >= 4 is 11.6 Å². The standard InChI is InChI=1S/C17H27ClN2/c1-20(13-14-8-10-16(18)11-9-14)17(12-19)15-6-4-2-3-5-7-15/h8-11,15,17H,2-7,12-13,19H2,1H3. The molecule has 0 aliphatic heterocycles. The Kier molecular flexibility index (Phi) is 6.34. The second-order valence-corrected chi connectivity index (χ2v) is 6.53. The van der Waals surface area contributed by atoms with Gasteiger partial charge in [0.05, 0.1) is 0 Å². The van der Waals surface area contributed by atoms with Crippen LogP contribution in [0, 0.1) is 5.92 Å². The maximum Gasteiger partial charge on any atom is 0.0406 e. The van der Waals surface area contributed by atoms with Gasteiger partial charge in [-0.3, -0.25) is 4.90 Å². The van der Waals surface area contributed by atoms with Gasteiger partial charge < -0.3 is 5.73 Å². The van der Waals surface area contributed by atoms with E-state index in [2.05, 4.69) is 24.1 Å². The molecule has 20 heavy (non-hydrogen) atoms. The molecular formula is C17H27ClN2. The Labute approximate surface area is 128 Å². The molecule has 0 amide bonds. The summed E-state index contributed by atoms with van der Waals surface area (Å²) >= 11 is 5.94. The molecule has 1 aromatic rings. The lowest BCUT2D eigenvalue weighted by molar-refractivity contribution is 0.160. The largest absolute Gasteiger partial charge is 0.329 e. The smallest absolute Gasteiger partial charge is 0.0406 e. The third-order valence-electron chi connectivity index (χ3n) is 4.60. The maximum absolute atomic E-state index is 6.07. The third-order valence-corrected chi connectivity index (χ3v) is 4.85. The second-order valence-electron chi connectivity index (χ2n) is 6.10. The summed E-state index contributed by atoms with van der Waals surface area (Å²) in [5.41, 5.74) is 7.38. The molecule has 1 aromatic carbocycles. The molecule has 0 bridgehead atoms. The fourth-order valence-electron chi connectivity index (χ4n) is 3.42. The van der Waals surface area contributed by atoms with Gasteiger partial charge in [0, 0.05) is 24.2 Å². The van der Waals surface area contributed by atoms with Crippen LogP contribution < -0.4 is 5.73 Å². The summed E-state index contributed by atoms with van der Waals surface area (Å²) in [4.78, 5) is 2.43. The first-order valence-corrected chi connectivity index (χ1v) is 8.23. The normalized spacial score (nSPS) is 19.0. The average Bonchev–Trinajstić information content (AvgIpc) is 2.71. The Bertz CT molecular complexity index is 382. The quantitative estimate of drug-likeness (QED) is 0.830. The molecule has 2 N–H and O–H groups in total. The minimum atomic E-state index is 0.503. The van der Waals surface area contributed by atoms with Crippen molar-refractivity contribution in [3.8, 4) is 0 Å². The lowest BCUT2D eigenvalue weighted by Crippen LogP contribution is -2.43. The summed E-state index contributed by atoms with van der Waals surface area (Å²) in [7, 11) is 2.21. The molecule has 0 saturated heterocycles. The highest BCUT2D eigenvalue weighted by atomic mass is 35.5. The van der Waals surface area contributed by atoms with Crippen LogP contribution in [0.1, 0.15) is 44.1 Å². The van der Waals surface area contributed by atoms with Crippen LogP contribution >= 0.6 is 11.6 Å². The van der Waals surface area contributed by atoms with E-state index in [9.17, 15) is 0 Å². The molecule has 2 nitrogen and oxygen atoms in total. The monoisotopic (exact) mass is 294 g/mol. The highest BCUT2D eigenvalue weighted by molar-refractivity contribution is 6.30. The molecule has 1 aliphatic carbocycles. The Hall–Kier alpha value is -0.570. The van der Waals surface area contributed by atoms with Crippen LogP contribution in [-0.4, -0.2) is 24.5 Å². The fourth-order valence-corrected chi connectivity index (χ4v) is 3.55. The van der Waals surface area contributed by atoms with Crippen molar-refractivity contribution in [1.82, 2.24) is 4.90 Å². The Morgan fingerprint density at radius 2 is 1.75 bits per heavy atom. The van der Waals surface area contributed by atoms with Crippen LogP contribution in [0.2, 0.25) is 5.02 Å². The first-order chi connectivity index (χ1) is 9.70. The van der Waals surface area contributed by atoms with E-state index in [0.29, 0.717) is 6.04 Å². The first-order valence-electron chi connectivity index (χ1n) is 7.85. The number of nitrogens with zero attached hydrogens (tertiary/aromatic N) is 1. The Balaban J connectivity index is 1.96. The Morgan fingerprint density at radius 3 is 2.30 bits per heavy atom. The van der Waals surface area contributed by atoms with Crippen molar-refractivity contribution < 1.29 is 0 Å². The topological polar surface area (TPSA) is 29.3 Å². The zero-order valence-corrected chi connectivity index (χ0v) is 13.3. The second kappa shape index (κ2) is 8.02. The van der Waals surface area contributed by atoms with E-state index in [-0.39, 0.29) is 0 Å². The average molecular weight is 295 g/mol. The van der Waals surface area contributed by atoms with Crippen molar-refractivity contribution in [3.63, 3.8) is 0 Å². The molecule has 2 rings (SSSR count). The first kappa shape index (κ1) is 15.8. The predicted octanol–water partition coefficient (Wildman–Crippen LogP) is 4.07. The number of nitrogens with two attached hydrogens (primary N) is 1. The summed E-state index contributed by atoms with van der Waals surface area (Å²) < 4.78 is 0. The molecular weight excluding hydrogens is 268 g/mol. The highest BCUT2D eigenvalue weighted by Crippen LogP contribution is 2.28. The Morgan fingerprint density at radius 1 is 1.15 bits per heavy atom. The number of benzene rings is 1. The summed E-state index contributed by atoms with van der Waals surface area (Å²) in [6.45, 7) is 1.71. The maximum atomic E-state index is 6.07. The zero-order valence-electron chi connectivity index (χ0n) is 12.5. The zero-order chi connectivity index (χ0) is 14.4. The van der Waals surface area contributed by atoms with E-state index in [4.69, 9.17) is 17.3 Å². The van der Waals surface area contributed by atoms with Gasteiger partial charge in [0.1, 0.15) is 0 Å². The number of rotatable bonds is 5. The lowest BCUT2D eigenvalue weighted by Gasteiger charge is -2.33. The molecule has 0 spiro atoms. The molecule has 0 radical (unpaired) electrons. The molecule has 0 heterocycles. The molecule has 0 aromatic heterocycles. The van der Waals surface area contributed by atoms with E-state index >= 15 is 0 Å². The predicted molar refractivity (Wildman–Crippen MR) is 87.0 cm³/mol. The van der Waals surface area contributed by atoms with Gasteiger partial charge in [-0.15, -0.1) is 0 Å². The van der Waals surface area contributed by atoms with Crippen LogP contribution in [0.15, 0.2) is 24.3 Å². The summed E-state index contributed by atoms with van der Waals surface area (Å²) in [6, 6.07) is 8.66. The van der Waals surface area contributed by atoms with Crippen LogP contribution in [0.25, 0.3) is 0 Å². The van der Waals surface area contributed by atoms with Crippen molar-refractivity contribution in [2.24, 2.45) is 11.7 Å². The SMILES string of the molecule is CN(Cc1ccc(Cl)cc1)C(CN)C1CCCCCC1. The van der Waals surface area contributed by atoms with E-state index < -0.39 is 0 Å². The van der Waals surface area contributed by atoms with Gasteiger partial charge in [-0.05, 0) is 43.5 Å². The van der Waals surface area contributed by atoms with Gasteiger partial charge in [-0.2, -0.15) is 0 Å². The van der Waals surface area contributed by atoms with E-state index in [1.807, 2.05) is 12.1 Å². The third kappa shape index (κ3) is 4.47. The van der Waals surface area contributed by atoms with Crippen molar-refractivity contribution in [3.05, 3.63) is 34.9 Å². The van der Waals surface area contributed by atoms with Crippen molar-refractivity contribution in [1.29, 1.82) is 0 Å². The van der Waals surface area contributed by atoms with Gasteiger partial charge in [-0.1, -0.05) is 49.4 Å². The van der Waals surface area contributed by atoms with Crippen LogP contribution in [-0.2, 0) is 6.54 Å². The van der Waals surface area contributed by atoms with Gasteiger partial charge >= 0.3 is 0 Å². The molecule has 3 heteroatoms. The van der Waals surface area contributed by atoms with Crippen LogP contribution in [0.3, 0.4) is 0 Å². The van der Waals surface area contributed by atoms with Crippen molar-refractivity contribution in [2.45, 2.75) is 51.1 Å². The number of hydrogen-bond acceptors (Lipinski definition) is 2. The van der Waals surface area contributed by atoms with E-state index in [1.165, 1.54) is 44.1 Å². The molecule has 1 saturated carbocycles. The number of halogens is 1. The molecule has 1 aliphatic rings. The molecule has 1 fully saturated rings. The van der Waals surface area contributed by atoms with Gasteiger partial charge in [0.15, 0.2) is 0 Å². The summed E-state index contributed by atoms with van der Waals surface area (Å²) in [6.07, 6.45) is 8.22. The highest BCUT2D eigenvalue weighted by Gasteiger charge is 2.24.